The summed E-state index contributed by atoms with van der Waals surface area (Å²) in [5.74, 6) is -0.801. The fourth-order valence-electron chi connectivity index (χ4n) is 2.94. The van der Waals surface area contributed by atoms with Crippen molar-refractivity contribution in [3.63, 3.8) is 0 Å². The average molecular weight is 443 g/mol. The molecule has 1 heterocycles. The van der Waals surface area contributed by atoms with Gasteiger partial charge >= 0.3 is 6.36 Å². The summed E-state index contributed by atoms with van der Waals surface area (Å²) in [6.07, 6.45) is -0.567. The molecule has 162 valence electrons. The molecule has 3 rings (SSSR count). The number of benzene rings is 1. The van der Waals surface area contributed by atoms with Crippen LogP contribution in [0.4, 0.5) is 13.2 Å². The molecule has 0 bridgehead atoms. The van der Waals surface area contributed by atoms with Crippen LogP contribution < -0.4 is 20.1 Å². The molecule has 1 saturated carbocycles. The number of rotatable bonds is 8. The molecule has 0 atom stereocenters. The molecule has 1 aromatic heterocycles. The lowest BCUT2D eigenvalue weighted by molar-refractivity contribution is -0.274. The van der Waals surface area contributed by atoms with Crippen molar-refractivity contribution in [2.45, 2.75) is 44.6 Å². The summed E-state index contributed by atoms with van der Waals surface area (Å²) in [6.45, 7) is -0.179. The summed E-state index contributed by atoms with van der Waals surface area (Å²) in [6, 6.07) is 4.92. The number of nitrogens with zero attached hydrogens (tertiary/aromatic N) is 1. The molecule has 0 spiro atoms. The van der Waals surface area contributed by atoms with Gasteiger partial charge in [-0.25, -0.2) is 4.98 Å². The van der Waals surface area contributed by atoms with Gasteiger partial charge in [0, 0.05) is 11.4 Å². The first kappa shape index (κ1) is 21.9. The number of carbonyl (C=O) groups excluding carboxylic acids is 2. The number of hydrogen-bond donors (Lipinski definition) is 2. The smallest absolute Gasteiger partial charge is 0.484 e. The SMILES string of the molecule is O=C(COc1ccc(OC(F)(F)F)cc1)NCc1nc(C(=O)NC2CCCC2)cs1. The molecule has 0 saturated heterocycles. The predicted octanol–water partition coefficient (Wildman–Crippen LogP) is 3.41. The lowest BCUT2D eigenvalue weighted by atomic mass is 10.2. The molecule has 0 radical (unpaired) electrons. The van der Waals surface area contributed by atoms with Gasteiger partial charge in [-0.3, -0.25) is 9.59 Å². The highest BCUT2D eigenvalue weighted by Gasteiger charge is 2.31. The Morgan fingerprint density at radius 3 is 2.47 bits per heavy atom. The highest BCUT2D eigenvalue weighted by atomic mass is 32.1. The van der Waals surface area contributed by atoms with Crippen LogP contribution in [0.15, 0.2) is 29.6 Å². The van der Waals surface area contributed by atoms with E-state index in [1.165, 1.54) is 23.5 Å². The molecule has 1 aromatic carbocycles. The number of halogens is 3. The number of amides is 2. The Balaban J connectivity index is 1.39. The van der Waals surface area contributed by atoms with Gasteiger partial charge in [-0.1, -0.05) is 12.8 Å². The van der Waals surface area contributed by atoms with Crippen LogP contribution in [0.25, 0.3) is 0 Å². The minimum atomic E-state index is -4.77. The predicted molar refractivity (Wildman–Crippen MR) is 102 cm³/mol. The zero-order chi connectivity index (χ0) is 21.6. The average Bonchev–Trinajstić information content (AvgIpc) is 3.36. The van der Waals surface area contributed by atoms with Crippen LogP contribution >= 0.6 is 11.3 Å². The maximum atomic E-state index is 12.2. The van der Waals surface area contributed by atoms with E-state index in [1.54, 1.807) is 5.38 Å². The summed E-state index contributed by atoms with van der Waals surface area (Å²) >= 11 is 1.27. The lowest BCUT2D eigenvalue weighted by Crippen LogP contribution is -2.33. The number of nitrogens with one attached hydrogen (secondary N) is 2. The van der Waals surface area contributed by atoms with Crippen molar-refractivity contribution in [3.8, 4) is 11.5 Å². The van der Waals surface area contributed by atoms with E-state index in [-0.39, 0.29) is 36.6 Å². The first-order valence-corrected chi connectivity index (χ1v) is 10.2. The van der Waals surface area contributed by atoms with E-state index in [4.69, 9.17) is 4.74 Å². The summed E-state index contributed by atoms with van der Waals surface area (Å²) in [5.41, 5.74) is 0.327. The first-order valence-electron chi connectivity index (χ1n) is 9.29. The minimum absolute atomic E-state index is 0.141. The number of alkyl halides is 3. The van der Waals surface area contributed by atoms with Gasteiger partial charge in [0.25, 0.3) is 11.8 Å². The van der Waals surface area contributed by atoms with E-state index in [9.17, 15) is 22.8 Å². The van der Waals surface area contributed by atoms with E-state index in [0.29, 0.717) is 10.7 Å². The lowest BCUT2D eigenvalue weighted by Gasteiger charge is -2.10. The number of thiazole rings is 1. The van der Waals surface area contributed by atoms with Gasteiger partial charge in [0.05, 0.1) is 6.54 Å². The van der Waals surface area contributed by atoms with Crippen molar-refractivity contribution < 1.29 is 32.2 Å². The standard InChI is InChI=1S/C19H20F3N3O4S/c20-19(21,22)29-14-7-5-13(6-8-14)28-10-16(26)23-9-17-25-15(11-30-17)18(27)24-12-3-1-2-4-12/h5-8,11-12H,1-4,9-10H2,(H,23,26)(H,24,27). The Hall–Kier alpha value is -2.82. The molecule has 7 nitrogen and oxygen atoms in total. The van der Waals surface area contributed by atoms with Gasteiger partial charge in [0.2, 0.25) is 0 Å². The summed E-state index contributed by atoms with van der Waals surface area (Å²) in [7, 11) is 0. The maximum absolute atomic E-state index is 12.2. The zero-order valence-electron chi connectivity index (χ0n) is 15.8. The number of hydrogen-bond acceptors (Lipinski definition) is 6. The highest BCUT2D eigenvalue weighted by Crippen LogP contribution is 2.24. The highest BCUT2D eigenvalue weighted by molar-refractivity contribution is 7.09. The monoisotopic (exact) mass is 443 g/mol. The third-order valence-corrected chi connectivity index (χ3v) is 5.19. The Morgan fingerprint density at radius 1 is 1.13 bits per heavy atom. The molecule has 1 fully saturated rings. The van der Waals surface area contributed by atoms with Gasteiger partial charge in [-0.05, 0) is 37.1 Å². The fourth-order valence-corrected chi connectivity index (χ4v) is 3.65. The third-order valence-electron chi connectivity index (χ3n) is 4.34. The molecular formula is C19H20F3N3O4S. The largest absolute Gasteiger partial charge is 0.573 e. The Morgan fingerprint density at radius 2 is 1.80 bits per heavy atom. The second kappa shape index (κ2) is 9.79. The van der Waals surface area contributed by atoms with Crippen molar-refractivity contribution in [1.82, 2.24) is 15.6 Å². The van der Waals surface area contributed by atoms with Gasteiger partial charge in [0.1, 0.15) is 22.2 Å². The van der Waals surface area contributed by atoms with E-state index >= 15 is 0 Å². The molecule has 2 amide bonds. The molecule has 2 N–H and O–H groups in total. The molecule has 1 aliphatic rings. The Bertz CT molecular complexity index is 865. The zero-order valence-corrected chi connectivity index (χ0v) is 16.6. The van der Waals surface area contributed by atoms with E-state index in [1.807, 2.05) is 0 Å². The van der Waals surface area contributed by atoms with Crippen LogP contribution in [-0.4, -0.2) is 35.8 Å². The van der Waals surface area contributed by atoms with Gasteiger partial charge < -0.3 is 20.1 Å². The van der Waals surface area contributed by atoms with Gasteiger partial charge in [-0.15, -0.1) is 24.5 Å². The van der Waals surface area contributed by atoms with Crippen LogP contribution in [0.2, 0.25) is 0 Å². The molecule has 0 unspecified atom stereocenters. The normalized spacial score (nSPS) is 14.4. The van der Waals surface area contributed by atoms with E-state index in [2.05, 4.69) is 20.4 Å². The van der Waals surface area contributed by atoms with Crippen molar-refractivity contribution in [2.75, 3.05) is 6.61 Å². The van der Waals surface area contributed by atoms with Crippen molar-refractivity contribution >= 4 is 23.2 Å². The third kappa shape index (κ3) is 6.90. The van der Waals surface area contributed by atoms with Crippen LogP contribution in [0, 0.1) is 0 Å². The Kier molecular flexibility index (Phi) is 7.14. The van der Waals surface area contributed by atoms with Gasteiger partial charge in [0.15, 0.2) is 6.61 Å². The first-order chi connectivity index (χ1) is 14.3. The molecular weight excluding hydrogens is 423 g/mol. The molecule has 30 heavy (non-hydrogen) atoms. The fraction of sp³-hybridized carbons (Fsp3) is 0.421. The summed E-state index contributed by atoms with van der Waals surface area (Å²) < 4.78 is 45.4. The minimum Gasteiger partial charge on any atom is -0.484 e. The maximum Gasteiger partial charge on any atom is 0.573 e. The van der Waals surface area contributed by atoms with Crippen molar-refractivity contribution in [1.29, 1.82) is 0 Å². The Labute approximate surface area is 174 Å². The number of carbonyl (C=O) groups is 2. The van der Waals surface area contributed by atoms with Crippen LogP contribution in [0.3, 0.4) is 0 Å². The van der Waals surface area contributed by atoms with Crippen molar-refractivity contribution in [3.05, 3.63) is 40.3 Å². The van der Waals surface area contributed by atoms with Crippen LogP contribution in [0.5, 0.6) is 11.5 Å². The molecule has 2 aromatic rings. The second-order valence-corrected chi connectivity index (χ2v) is 7.61. The van der Waals surface area contributed by atoms with E-state index in [0.717, 1.165) is 37.8 Å². The van der Waals surface area contributed by atoms with Gasteiger partial charge in [-0.2, -0.15) is 0 Å². The molecule has 0 aliphatic heterocycles. The molecule has 11 heteroatoms. The van der Waals surface area contributed by atoms with Crippen LogP contribution in [-0.2, 0) is 11.3 Å². The number of aromatic nitrogens is 1. The van der Waals surface area contributed by atoms with E-state index < -0.39 is 12.3 Å². The second-order valence-electron chi connectivity index (χ2n) is 6.67. The number of ether oxygens (including phenoxy) is 2. The molecule has 1 aliphatic carbocycles. The summed E-state index contributed by atoms with van der Waals surface area (Å²) in [4.78, 5) is 28.3. The van der Waals surface area contributed by atoms with Crippen molar-refractivity contribution in [2.24, 2.45) is 0 Å². The quantitative estimate of drug-likeness (QED) is 0.653. The summed E-state index contributed by atoms with van der Waals surface area (Å²) in [5, 5.41) is 7.79. The van der Waals surface area contributed by atoms with Crippen LogP contribution in [0.1, 0.15) is 41.2 Å². The topological polar surface area (TPSA) is 89.6 Å².